The highest BCUT2D eigenvalue weighted by Crippen LogP contribution is 2.21. The fraction of sp³-hybridized carbons (Fsp3) is 0.294. The topological polar surface area (TPSA) is 58.2 Å². The van der Waals surface area contributed by atoms with Crippen molar-refractivity contribution in [2.75, 3.05) is 10.6 Å². The summed E-state index contributed by atoms with van der Waals surface area (Å²) in [6, 6.07) is 13.6. The molecule has 130 valence electrons. The molecule has 2 aromatic rings. The summed E-state index contributed by atoms with van der Waals surface area (Å²) in [5.41, 5.74) is 2.72. The quantitative estimate of drug-likeness (QED) is 0.785. The van der Waals surface area contributed by atoms with E-state index in [0.29, 0.717) is 18.3 Å². The molecule has 0 saturated carbocycles. The van der Waals surface area contributed by atoms with Crippen molar-refractivity contribution in [1.82, 2.24) is 0 Å². The molecule has 0 saturated heterocycles. The lowest BCUT2D eigenvalue weighted by atomic mass is 10.2. The summed E-state index contributed by atoms with van der Waals surface area (Å²) >= 11 is 0. The molecule has 0 atom stereocenters. The van der Waals surface area contributed by atoms with Gasteiger partial charge < -0.3 is 10.6 Å². The van der Waals surface area contributed by atoms with Crippen LogP contribution in [0.4, 0.5) is 20.2 Å². The van der Waals surface area contributed by atoms with Gasteiger partial charge in [-0.15, -0.1) is 0 Å². The molecule has 2 aromatic carbocycles. The molecule has 2 rings (SSSR count). The third-order valence-electron chi connectivity index (χ3n) is 3.30. The molecule has 0 aliphatic heterocycles. The zero-order valence-electron chi connectivity index (χ0n) is 13.5. The van der Waals surface area contributed by atoms with E-state index in [9.17, 15) is 17.2 Å². The Bertz CT molecular complexity index is 775. The van der Waals surface area contributed by atoms with Crippen LogP contribution < -0.4 is 10.6 Å². The Morgan fingerprint density at radius 2 is 1.67 bits per heavy atom. The van der Waals surface area contributed by atoms with E-state index in [1.54, 1.807) is 0 Å². The molecule has 2 N–H and O–H groups in total. The van der Waals surface area contributed by atoms with Crippen LogP contribution >= 0.6 is 0 Å². The molecular formula is C17H20F2N2O2S. The van der Waals surface area contributed by atoms with E-state index < -0.39 is 15.6 Å². The van der Waals surface area contributed by atoms with Gasteiger partial charge in [0.2, 0.25) is 9.84 Å². The minimum atomic E-state index is -4.55. The number of benzene rings is 2. The summed E-state index contributed by atoms with van der Waals surface area (Å²) in [7, 11) is -4.55. The number of alkyl halides is 2. The van der Waals surface area contributed by atoms with Crippen LogP contribution in [0.1, 0.15) is 19.4 Å². The first kappa shape index (κ1) is 18.2. The van der Waals surface area contributed by atoms with Gasteiger partial charge in [-0.05, 0) is 55.8 Å². The zero-order chi connectivity index (χ0) is 17.7. The van der Waals surface area contributed by atoms with Gasteiger partial charge in [-0.3, -0.25) is 0 Å². The predicted octanol–water partition coefficient (Wildman–Crippen LogP) is 4.12. The van der Waals surface area contributed by atoms with Crippen LogP contribution in [-0.2, 0) is 16.4 Å². The van der Waals surface area contributed by atoms with E-state index in [2.05, 4.69) is 24.5 Å². The van der Waals surface area contributed by atoms with Crippen LogP contribution in [0.5, 0.6) is 0 Å². The van der Waals surface area contributed by atoms with E-state index in [0.717, 1.165) is 11.3 Å². The van der Waals surface area contributed by atoms with Gasteiger partial charge in [-0.25, -0.2) is 8.42 Å². The van der Waals surface area contributed by atoms with Gasteiger partial charge in [0.05, 0.1) is 4.90 Å². The lowest BCUT2D eigenvalue weighted by Crippen LogP contribution is -2.11. The van der Waals surface area contributed by atoms with Gasteiger partial charge in [-0.1, -0.05) is 12.1 Å². The predicted molar refractivity (Wildman–Crippen MR) is 92.2 cm³/mol. The van der Waals surface area contributed by atoms with Crippen molar-refractivity contribution in [3.63, 3.8) is 0 Å². The maximum absolute atomic E-state index is 12.5. The number of halogens is 2. The van der Waals surface area contributed by atoms with Crippen LogP contribution in [0, 0.1) is 0 Å². The molecule has 0 fully saturated rings. The van der Waals surface area contributed by atoms with Crippen molar-refractivity contribution < 1.29 is 17.2 Å². The molecule has 0 aliphatic carbocycles. The normalized spacial score (nSPS) is 11.8. The summed E-state index contributed by atoms with van der Waals surface area (Å²) < 4.78 is 47.7. The maximum atomic E-state index is 12.5. The standard InChI is InChI=1S/C17H20F2N2O2S/c1-12(2)21-15-5-3-4-13(10-15)11-20-14-6-8-16(9-7-14)24(22,23)17(18)19/h3-10,12,17,20-21H,11H2,1-2H3. The van der Waals surface area contributed by atoms with Crippen molar-refractivity contribution in [2.45, 2.75) is 37.1 Å². The molecule has 0 radical (unpaired) electrons. The maximum Gasteiger partial charge on any atom is 0.341 e. The zero-order valence-corrected chi connectivity index (χ0v) is 14.3. The first-order valence-electron chi connectivity index (χ1n) is 7.50. The minimum absolute atomic E-state index is 0.331. The van der Waals surface area contributed by atoms with E-state index in [1.807, 2.05) is 24.3 Å². The molecule has 0 aliphatic rings. The highest BCUT2D eigenvalue weighted by molar-refractivity contribution is 7.91. The number of hydrogen-bond donors (Lipinski definition) is 2. The summed E-state index contributed by atoms with van der Waals surface area (Å²) in [6.07, 6.45) is 0. The van der Waals surface area contributed by atoms with Gasteiger partial charge in [0.1, 0.15) is 0 Å². The summed E-state index contributed by atoms with van der Waals surface area (Å²) in [5.74, 6) is -3.41. The Morgan fingerprint density at radius 1 is 1.00 bits per heavy atom. The van der Waals surface area contributed by atoms with Crippen LogP contribution in [0.2, 0.25) is 0 Å². The first-order valence-corrected chi connectivity index (χ1v) is 9.05. The Kier molecular flexibility index (Phi) is 5.77. The Balaban J connectivity index is 2.03. The summed E-state index contributed by atoms with van der Waals surface area (Å²) in [5, 5.41) is 6.45. The molecule has 7 heteroatoms. The number of anilines is 2. The summed E-state index contributed by atoms with van der Waals surface area (Å²) in [4.78, 5) is -0.383. The lowest BCUT2D eigenvalue weighted by molar-refractivity contribution is 0.234. The molecular weight excluding hydrogens is 334 g/mol. The number of nitrogens with one attached hydrogen (secondary N) is 2. The van der Waals surface area contributed by atoms with Crippen LogP contribution in [0.25, 0.3) is 0 Å². The lowest BCUT2D eigenvalue weighted by Gasteiger charge is -2.12. The highest BCUT2D eigenvalue weighted by Gasteiger charge is 2.26. The fourth-order valence-electron chi connectivity index (χ4n) is 2.17. The van der Waals surface area contributed by atoms with Gasteiger partial charge in [-0.2, -0.15) is 8.78 Å². The second kappa shape index (κ2) is 7.61. The average Bonchev–Trinajstić information content (AvgIpc) is 2.53. The highest BCUT2D eigenvalue weighted by atomic mass is 32.2. The van der Waals surface area contributed by atoms with Crippen LogP contribution in [-0.4, -0.2) is 20.2 Å². The second-order valence-electron chi connectivity index (χ2n) is 5.68. The van der Waals surface area contributed by atoms with Crippen molar-refractivity contribution >= 4 is 21.2 Å². The van der Waals surface area contributed by atoms with Crippen molar-refractivity contribution in [2.24, 2.45) is 0 Å². The smallest absolute Gasteiger partial charge is 0.341 e. The van der Waals surface area contributed by atoms with Gasteiger partial charge in [0.15, 0.2) is 0 Å². The Hall–Kier alpha value is -2.15. The molecule has 4 nitrogen and oxygen atoms in total. The minimum Gasteiger partial charge on any atom is -0.383 e. The van der Waals surface area contributed by atoms with E-state index in [4.69, 9.17) is 0 Å². The largest absolute Gasteiger partial charge is 0.383 e. The molecule has 0 amide bonds. The van der Waals surface area contributed by atoms with Gasteiger partial charge in [0, 0.05) is 24.0 Å². The van der Waals surface area contributed by atoms with Crippen molar-refractivity contribution in [1.29, 1.82) is 0 Å². The van der Waals surface area contributed by atoms with Crippen LogP contribution in [0.15, 0.2) is 53.4 Å². The average molecular weight is 354 g/mol. The third-order valence-corrected chi connectivity index (χ3v) is 4.69. The van der Waals surface area contributed by atoms with Crippen LogP contribution in [0.3, 0.4) is 0 Å². The SMILES string of the molecule is CC(C)Nc1cccc(CNc2ccc(S(=O)(=O)C(F)F)cc2)c1. The van der Waals surface area contributed by atoms with Gasteiger partial charge in [0.25, 0.3) is 0 Å². The Labute approximate surface area is 140 Å². The van der Waals surface area contributed by atoms with Gasteiger partial charge >= 0.3 is 5.76 Å². The van der Waals surface area contributed by atoms with E-state index >= 15 is 0 Å². The molecule has 0 aromatic heterocycles. The van der Waals surface area contributed by atoms with E-state index in [1.165, 1.54) is 24.3 Å². The summed E-state index contributed by atoms with van der Waals surface area (Å²) in [6.45, 7) is 4.65. The number of hydrogen-bond acceptors (Lipinski definition) is 4. The second-order valence-corrected chi connectivity index (χ2v) is 7.60. The first-order chi connectivity index (χ1) is 11.3. The number of sulfone groups is 1. The van der Waals surface area contributed by atoms with E-state index in [-0.39, 0.29) is 4.90 Å². The third kappa shape index (κ3) is 4.67. The molecule has 0 heterocycles. The fourth-order valence-corrected chi connectivity index (χ4v) is 2.90. The molecule has 0 bridgehead atoms. The Morgan fingerprint density at radius 3 is 2.25 bits per heavy atom. The van der Waals surface area contributed by atoms with Crippen molar-refractivity contribution in [3.8, 4) is 0 Å². The molecule has 0 unspecified atom stereocenters. The van der Waals surface area contributed by atoms with Crippen molar-refractivity contribution in [3.05, 3.63) is 54.1 Å². The molecule has 0 spiro atoms. The monoisotopic (exact) mass is 354 g/mol. The number of rotatable bonds is 7. The molecule has 24 heavy (non-hydrogen) atoms.